The lowest BCUT2D eigenvalue weighted by molar-refractivity contribution is 0.0302. The zero-order chi connectivity index (χ0) is 14.9. The Morgan fingerprint density at radius 2 is 1.90 bits per heavy atom. The minimum Gasteiger partial charge on any atom is -0.378 e. The van der Waals surface area contributed by atoms with Crippen molar-refractivity contribution in [1.82, 2.24) is 4.90 Å². The summed E-state index contributed by atoms with van der Waals surface area (Å²) in [6, 6.07) is 2.72. The van der Waals surface area contributed by atoms with Gasteiger partial charge in [-0.3, -0.25) is 4.79 Å². The van der Waals surface area contributed by atoms with Gasteiger partial charge in [-0.2, -0.15) is 0 Å². The van der Waals surface area contributed by atoms with Crippen molar-refractivity contribution < 1.29 is 17.9 Å². The minimum atomic E-state index is -3.95. The maximum absolute atomic E-state index is 12.3. The van der Waals surface area contributed by atoms with Crippen molar-refractivity contribution in [2.75, 3.05) is 26.3 Å². The summed E-state index contributed by atoms with van der Waals surface area (Å²) in [5.41, 5.74) is 0.543. The molecule has 5 nitrogen and oxygen atoms in total. The van der Waals surface area contributed by atoms with Crippen LogP contribution in [-0.2, 0) is 13.8 Å². The molecule has 0 unspecified atom stereocenters. The topological polar surface area (TPSA) is 63.7 Å². The molecule has 20 heavy (non-hydrogen) atoms. The number of rotatable bonds is 2. The highest BCUT2D eigenvalue weighted by molar-refractivity contribution is 8.13. The van der Waals surface area contributed by atoms with Crippen molar-refractivity contribution in [3.05, 3.63) is 28.3 Å². The van der Waals surface area contributed by atoms with Gasteiger partial charge in [0.2, 0.25) is 0 Å². The first-order valence-electron chi connectivity index (χ1n) is 5.92. The van der Waals surface area contributed by atoms with Crippen molar-refractivity contribution in [3.8, 4) is 0 Å². The second-order valence-corrected chi connectivity index (χ2v) is 7.37. The van der Waals surface area contributed by atoms with Gasteiger partial charge in [0.15, 0.2) is 0 Å². The van der Waals surface area contributed by atoms with E-state index in [2.05, 4.69) is 0 Å². The number of halogens is 2. The zero-order valence-electron chi connectivity index (χ0n) is 10.7. The number of benzene rings is 1. The third kappa shape index (κ3) is 3.25. The SMILES string of the molecule is Cc1c(Cl)cc(C(=O)N2CCOCC2)cc1S(=O)(=O)Cl. The number of carbonyl (C=O) groups excluding carboxylic acids is 1. The molecule has 0 saturated carbocycles. The van der Waals surface area contributed by atoms with E-state index in [9.17, 15) is 13.2 Å². The van der Waals surface area contributed by atoms with E-state index < -0.39 is 9.05 Å². The summed E-state index contributed by atoms with van der Waals surface area (Å²) < 4.78 is 28.2. The molecule has 0 radical (unpaired) electrons. The molecule has 0 bridgehead atoms. The van der Waals surface area contributed by atoms with E-state index in [0.29, 0.717) is 31.9 Å². The first-order chi connectivity index (χ1) is 9.30. The Morgan fingerprint density at radius 1 is 1.30 bits per heavy atom. The van der Waals surface area contributed by atoms with Gasteiger partial charge in [0.25, 0.3) is 15.0 Å². The van der Waals surface area contributed by atoms with Crippen LogP contribution in [0.25, 0.3) is 0 Å². The second-order valence-electron chi connectivity index (χ2n) is 4.42. The number of carbonyl (C=O) groups is 1. The number of nitrogens with zero attached hydrogens (tertiary/aromatic N) is 1. The molecule has 0 aromatic heterocycles. The smallest absolute Gasteiger partial charge is 0.261 e. The van der Waals surface area contributed by atoms with E-state index in [1.165, 1.54) is 12.1 Å². The van der Waals surface area contributed by atoms with Gasteiger partial charge < -0.3 is 9.64 Å². The number of hydrogen-bond donors (Lipinski definition) is 0. The Morgan fingerprint density at radius 3 is 2.45 bits per heavy atom. The highest BCUT2D eigenvalue weighted by atomic mass is 35.7. The van der Waals surface area contributed by atoms with E-state index >= 15 is 0 Å². The highest BCUT2D eigenvalue weighted by Gasteiger charge is 2.23. The molecule has 1 aliphatic heterocycles. The molecule has 110 valence electrons. The van der Waals surface area contributed by atoms with Gasteiger partial charge in [-0.1, -0.05) is 11.6 Å². The standard InChI is InChI=1S/C12H13Cl2NO4S/c1-8-10(13)6-9(7-11(8)20(14,17)18)12(16)15-2-4-19-5-3-15/h6-7H,2-5H2,1H3. The Kier molecular flexibility index (Phi) is 4.59. The fourth-order valence-electron chi connectivity index (χ4n) is 1.98. The summed E-state index contributed by atoms with van der Waals surface area (Å²) in [5.74, 6) is -0.281. The number of ether oxygens (including phenoxy) is 1. The molecule has 1 heterocycles. The molecule has 0 spiro atoms. The van der Waals surface area contributed by atoms with Crippen molar-refractivity contribution in [1.29, 1.82) is 0 Å². The molecule has 1 amide bonds. The molecule has 0 aliphatic carbocycles. The predicted octanol–water partition coefficient (Wildman–Crippen LogP) is 2.05. The lowest BCUT2D eigenvalue weighted by atomic mass is 10.1. The van der Waals surface area contributed by atoms with Crippen LogP contribution in [0.2, 0.25) is 5.02 Å². The molecular formula is C12H13Cl2NO4S. The Hall–Kier alpha value is -0.820. The van der Waals surface area contributed by atoms with Crippen molar-refractivity contribution in [3.63, 3.8) is 0 Å². The molecule has 1 saturated heterocycles. The van der Waals surface area contributed by atoms with Crippen LogP contribution < -0.4 is 0 Å². The largest absolute Gasteiger partial charge is 0.378 e. The Labute approximate surface area is 126 Å². The first-order valence-corrected chi connectivity index (χ1v) is 8.61. The molecule has 1 aromatic rings. The number of hydrogen-bond acceptors (Lipinski definition) is 4. The van der Waals surface area contributed by atoms with Crippen LogP contribution in [0.4, 0.5) is 0 Å². The van der Waals surface area contributed by atoms with E-state index in [1.54, 1.807) is 11.8 Å². The molecule has 1 aliphatic rings. The van der Waals surface area contributed by atoms with Crippen LogP contribution in [-0.4, -0.2) is 45.5 Å². The predicted molar refractivity (Wildman–Crippen MR) is 76.0 cm³/mol. The minimum absolute atomic E-state index is 0.136. The Bertz CT molecular complexity index is 639. The van der Waals surface area contributed by atoms with Crippen LogP contribution in [0.3, 0.4) is 0 Å². The summed E-state index contributed by atoms with van der Waals surface area (Å²) in [7, 11) is 1.42. The fourth-order valence-corrected chi connectivity index (χ4v) is 3.48. The van der Waals surface area contributed by atoms with E-state index in [1.807, 2.05) is 0 Å². The van der Waals surface area contributed by atoms with Crippen LogP contribution in [0.15, 0.2) is 17.0 Å². The van der Waals surface area contributed by atoms with Crippen LogP contribution in [0, 0.1) is 6.92 Å². The van der Waals surface area contributed by atoms with Crippen LogP contribution >= 0.6 is 22.3 Å². The summed E-state index contributed by atoms with van der Waals surface area (Å²) in [4.78, 5) is 13.8. The van der Waals surface area contributed by atoms with Gasteiger partial charge >= 0.3 is 0 Å². The summed E-state index contributed by atoms with van der Waals surface area (Å²) in [6.45, 7) is 3.40. The molecule has 2 rings (SSSR count). The fraction of sp³-hybridized carbons (Fsp3) is 0.417. The van der Waals surface area contributed by atoms with Crippen molar-refractivity contribution in [2.24, 2.45) is 0 Å². The van der Waals surface area contributed by atoms with Crippen LogP contribution in [0.5, 0.6) is 0 Å². The molecule has 1 fully saturated rings. The van der Waals surface area contributed by atoms with Gasteiger partial charge in [0.05, 0.1) is 18.1 Å². The second kappa shape index (κ2) is 5.89. The third-order valence-corrected chi connectivity index (χ3v) is 4.95. The van der Waals surface area contributed by atoms with E-state index in [4.69, 9.17) is 27.0 Å². The zero-order valence-corrected chi connectivity index (χ0v) is 13.1. The van der Waals surface area contributed by atoms with Gasteiger partial charge in [-0.05, 0) is 24.6 Å². The highest BCUT2D eigenvalue weighted by Crippen LogP contribution is 2.28. The molecule has 1 aromatic carbocycles. The maximum Gasteiger partial charge on any atom is 0.261 e. The summed E-state index contributed by atoms with van der Waals surface area (Å²) >= 11 is 5.99. The average Bonchev–Trinajstić information content (AvgIpc) is 2.40. The average molecular weight is 338 g/mol. The van der Waals surface area contributed by atoms with Crippen molar-refractivity contribution >= 4 is 37.2 Å². The lowest BCUT2D eigenvalue weighted by Gasteiger charge is -2.27. The van der Waals surface area contributed by atoms with Gasteiger partial charge in [0.1, 0.15) is 0 Å². The van der Waals surface area contributed by atoms with Crippen LogP contribution in [0.1, 0.15) is 15.9 Å². The quantitative estimate of drug-likeness (QED) is 0.775. The maximum atomic E-state index is 12.3. The molecule has 0 N–H and O–H groups in total. The van der Waals surface area contributed by atoms with Gasteiger partial charge in [0, 0.05) is 34.4 Å². The van der Waals surface area contributed by atoms with E-state index in [0.717, 1.165) is 0 Å². The normalized spacial score (nSPS) is 16.2. The van der Waals surface area contributed by atoms with Crippen molar-refractivity contribution in [2.45, 2.75) is 11.8 Å². The first kappa shape index (κ1) is 15.6. The van der Waals surface area contributed by atoms with Gasteiger partial charge in [-0.25, -0.2) is 8.42 Å². The van der Waals surface area contributed by atoms with E-state index in [-0.39, 0.29) is 21.4 Å². The summed E-state index contributed by atoms with van der Waals surface area (Å²) in [5, 5.41) is 0.198. The molecule has 8 heteroatoms. The Balaban J connectivity index is 2.42. The lowest BCUT2D eigenvalue weighted by Crippen LogP contribution is -2.40. The number of morpholine rings is 1. The summed E-state index contributed by atoms with van der Waals surface area (Å²) in [6.07, 6.45) is 0. The molecular weight excluding hydrogens is 325 g/mol. The van der Waals surface area contributed by atoms with Gasteiger partial charge in [-0.15, -0.1) is 0 Å². The number of amides is 1. The molecule has 0 atom stereocenters. The monoisotopic (exact) mass is 337 g/mol. The third-order valence-electron chi connectivity index (χ3n) is 3.10.